The Hall–Kier alpha value is -2.23. The Morgan fingerprint density at radius 2 is 1.31 bits per heavy atom. The van der Waals surface area contributed by atoms with E-state index in [0.717, 1.165) is 44.9 Å². The van der Waals surface area contributed by atoms with Gasteiger partial charge in [-0.05, 0) is 173 Å². The van der Waals surface area contributed by atoms with Crippen LogP contribution in [0.4, 0.5) is 4.39 Å². The first-order valence-corrected chi connectivity index (χ1v) is 22.2. The molecule has 360 valence electrons. The van der Waals surface area contributed by atoms with E-state index >= 15 is 4.39 Å². The third kappa shape index (κ3) is 8.19. The van der Waals surface area contributed by atoms with E-state index in [4.69, 9.17) is 18.9 Å². The van der Waals surface area contributed by atoms with Gasteiger partial charge in [0.2, 0.25) is 5.67 Å². The fourth-order valence-electron chi connectivity index (χ4n) is 16.3. The van der Waals surface area contributed by atoms with Gasteiger partial charge < -0.3 is 24.1 Å². The van der Waals surface area contributed by atoms with Crippen LogP contribution in [0.2, 0.25) is 0 Å². The lowest BCUT2D eigenvalue weighted by Crippen LogP contribution is -2.64. The molecule has 11 unspecified atom stereocenters. The summed E-state index contributed by atoms with van der Waals surface area (Å²) < 4.78 is 40.7. The van der Waals surface area contributed by atoms with Crippen molar-refractivity contribution < 1.29 is 47.6 Å². The summed E-state index contributed by atoms with van der Waals surface area (Å²) in [6.45, 7) is 15.5. The van der Waals surface area contributed by atoms with Gasteiger partial charge in [-0.1, -0.05) is 58.4 Å². The number of hydrogen-bond acceptors (Lipinski definition) is 9. The van der Waals surface area contributed by atoms with Crippen molar-refractivity contribution in [2.24, 2.45) is 62.6 Å². The predicted molar refractivity (Wildman–Crippen MR) is 244 cm³/mol. The van der Waals surface area contributed by atoms with Gasteiger partial charge in [0.25, 0.3) is 0 Å². The summed E-state index contributed by atoms with van der Waals surface area (Å²) in [6, 6.07) is 0. The summed E-state index contributed by atoms with van der Waals surface area (Å²) in [7, 11) is 0. The number of hydrogen-bond donors (Lipinski definition) is 1. The lowest BCUT2D eigenvalue weighted by molar-refractivity contribution is -0.244. The Balaban J connectivity index is 0.00000171. The minimum Gasteiger partial charge on any atom is -0.459 e. The molecular weight excluding hydrogens is 788 g/mol. The van der Waals surface area contributed by atoms with E-state index in [-0.39, 0.29) is 86.5 Å². The lowest BCUT2D eigenvalue weighted by Gasteiger charge is -2.63. The highest BCUT2D eigenvalue weighted by Crippen LogP contribution is 2.66. The van der Waals surface area contributed by atoms with E-state index in [1.165, 1.54) is 19.3 Å². The van der Waals surface area contributed by atoms with E-state index in [9.17, 15) is 24.3 Å². The van der Waals surface area contributed by atoms with E-state index in [0.29, 0.717) is 49.4 Å². The molecule has 10 heteroatoms. The number of esters is 4. The van der Waals surface area contributed by atoms with Crippen LogP contribution in [0.3, 0.4) is 0 Å². The lowest BCUT2D eigenvalue weighted by atomic mass is 9.46. The van der Waals surface area contributed by atoms with Crippen molar-refractivity contribution in [3.8, 4) is 0 Å². The molecule has 1 aliphatic heterocycles. The minimum atomic E-state index is -2.02. The molecule has 11 aliphatic rings. The molecule has 1 saturated heterocycles. The number of carbonyl (C=O) groups excluding carboxylic acids is 4. The second-order valence-electron chi connectivity index (χ2n) is 23.8. The predicted octanol–water partition coefficient (Wildman–Crippen LogP) is 12.2. The second kappa shape index (κ2) is 16.6. The molecule has 9 nitrogen and oxygen atoms in total. The number of carbonyl (C=O) groups is 4. The summed E-state index contributed by atoms with van der Waals surface area (Å²) in [5.41, 5.74) is -8.13. The van der Waals surface area contributed by atoms with Crippen molar-refractivity contribution in [3.05, 3.63) is 0 Å². The molecule has 10 bridgehead atoms. The largest absolute Gasteiger partial charge is 0.459 e. The summed E-state index contributed by atoms with van der Waals surface area (Å²) in [6.07, 6.45) is 10.7. The molecule has 0 spiro atoms. The van der Waals surface area contributed by atoms with E-state index in [1.807, 2.05) is 13.8 Å². The highest BCUT2D eigenvalue weighted by atomic mass is 19.1. The molecule has 10 saturated carbocycles. The zero-order chi connectivity index (χ0) is 40.3. The molecule has 11 fully saturated rings. The summed E-state index contributed by atoms with van der Waals surface area (Å²) in [4.78, 5) is 56.6. The highest BCUT2D eigenvalue weighted by Gasteiger charge is 2.73. The van der Waals surface area contributed by atoms with Gasteiger partial charge in [0.1, 0.15) is 23.4 Å². The second-order valence-corrected chi connectivity index (χ2v) is 23.8. The van der Waals surface area contributed by atoms with Gasteiger partial charge in [-0.25, -0.2) is 9.18 Å². The van der Waals surface area contributed by atoms with E-state index in [2.05, 4.69) is 20.8 Å². The third-order valence-electron chi connectivity index (χ3n) is 17.9. The van der Waals surface area contributed by atoms with Gasteiger partial charge in [-0.2, -0.15) is 0 Å². The molecular formula is C52H91FO9. The van der Waals surface area contributed by atoms with Crippen LogP contribution < -0.4 is 0 Å². The minimum absolute atomic E-state index is 0. The monoisotopic (exact) mass is 879 g/mol. The molecule has 1 N–H and O–H groups in total. The van der Waals surface area contributed by atoms with Gasteiger partial charge in [0.05, 0.1) is 21.8 Å². The van der Waals surface area contributed by atoms with Crippen LogP contribution in [0, 0.1) is 62.6 Å². The zero-order valence-electron chi connectivity index (χ0n) is 35.2. The number of fused-ring (bicyclic) bond motifs is 1. The number of alkyl halides is 1. The topological polar surface area (TPSA) is 125 Å². The van der Waals surface area contributed by atoms with Crippen LogP contribution in [0.25, 0.3) is 0 Å². The summed E-state index contributed by atoms with van der Waals surface area (Å²) in [5.74, 6) is -0.862. The van der Waals surface area contributed by atoms with Crippen molar-refractivity contribution >= 4 is 23.9 Å². The quantitative estimate of drug-likeness (QED) is 0.151. The molecule has 0 aromatic rings. The first-order valence-electron chi connectivity index (χ1n) is 22.2. The highest BCUT2D eigenvalue weighted by molar-refractivity contribution is 5.85. The summed E-state index contributed by atoms with van der Waals surface area (Å²) in [5, 5.41) is 11.5. The molecule has 0 amide bonds. The van der Waals surface area contributed by atoms with E-state index in [1.54, 1.807) is 20.8 Å². The molecule has 11 rings (SSSR count). The maximum Gasteiger partial charge on any atom is 0.344 e. The van der Waals surface area contributed by atoms with Crippen molar-refractivity contribution in [2.45, 2.75) is 244 Å². The Morgan fingerprint density at radius 3 is 1.84 bits per heavy atom. The molecule has 62 heavy (non-hydrogen) atoms. The first-order chi connectivity index (χ1) is 25.9. The molecule has 0 radical (unpaired) electrons. The van der Waals surface area contributed by atoms with Crippen LogP contribution in [-0.2, 0) is 38.1 Å². The number of halogens is 1. The average molecular weight is 879 g/mol. The maximum atomic E-state index is 15.6. The molecule has 11 atom stereocenters. The van der Waals surface area contributed by atoms with Gasteiger partial charge in [0.15, 0.2) is 0 Å². The van der Waals surface area contributed by atoms with E-state index < -0.39 is 74.8 Å². The first kappa shape index (κ1) is 54.1. The van der Waals surface area contributed by atoms with Crippen LogP contribution in [-0.4, -0.2) is 63.7 Å². The Kier molecular flexibility index (Phi) is 14.5. The van der Waals surface area contributed by atoms with Crippen LogP contribution in [0.1, 0.15) is 209 Å². The normalized spacial score (nSPS) is 42.8. The fraction of sp³-hybridized carbons (Fsp3) is 0.923. The van der Waals surface area contributed by atoms with Crippen molar-refractivity contribution in [1.82, 2.24) is 0 Å². The van der Waals surface area contributed by atoms with Crippen LogP contribution in [0.15, 0.2) is 0 Å². The third-order valence-corrected chi connectivity index (χ3v) is 17.9. The smallest absolute Gasteiger partial charge is 0.344 e. The molecule has 0 aromatic carbocycles. The Labute approximate surface area is 376 Å². The van der Waals surface area contributed by atoms with Crippen molar-refractivity contribution in [2.75, 3.05) is 0 Å². The number of ether oxygens (including phenoxy) is 4. The Bertz CT molecular complexity index is 1670. The average Bonchev–Trinajstić information content (AvgIpc) is 3.62. The van der Waals surface area contributed by atoms with Crippen LogP contribution in [0.5, 0.6) is 0 Å². The fourth-order valence-corrected chi connectivity index (χ4v) is 16.3. The van der Waals surface area contributed by atoms with Gasteiger partial charge in [-0.3, -0.25) is 14.4 Å². The van der Waals surface area contributed by atoms with Crippen molar-refractivity contribution in [1.29, 1.82) is 0 Å². The van der Waals surface area contributed by atoms with Gasteiger partial charge >= 0.3 is 23.9 Å². The maximum absolute atomic E-state index is 15.6. The molecule has 10 aliphatic carbocycles. The SMILES string of the molecule is C.C.C.C.C.C.CCC(C)(CC(C)(CC(C)(C)C(=O)OC12CC3CC(C)(CC(O)(C3)C1)C2)C(=O)OC1C2CC3C1OC(=O)C3(F)C2)C(=O)OC(C)(C)C12CC3CC(CC(C3)C1)C2. The standard InChI is InChI=1S/C46H67FO9.6CH4/c1-9-41(7,36(50)55-39(4,5)43-15-26-10-27(16-43)12-28(11-26)17-43)24-42(8,35(49)53-32-30-13-31-33(32)54-37(51)46(31,47)20-30)21-38(2,3)34(48)56-45-19-29-14-40(6,23-45)22-44(52,18-29)25-45;;;;;;/h26-33,52H,9-25H2,1-8H3;6*1H4. The number of rotatable bonds is 12. The Morgan fingerprint density at radius 1 is 0.726 bits per heavy atom. The van der Waals surface area contributed by atoms with Gasteiger partial charge in [0, 0.05) is 23.7 Å². The molecule has 0 aromatic heterocycles. The summed E-state index contributed by atoms with van der Waals surface area (Å²) >= 11 is 0. The van der Waals surface area contributed by atoms with Crippen molar-refractivity contribution in [3.63, 3.8) is 0 Å². The van der Waals surface area contributed by atoms with Crippen LogP contribution >= 0.6 is 0 Å². The number of aliphatic hydroxyl groups is 1. The van der Waals surface area contributed by atoms with Gasteiger partial charge in [-0.15, -0.1) is 0 Å². The zero-order valence-corrected chi connectivity index (χ0v) is 35.2. The molecule has 1 heterocycles.